The van der Waals surface area contributed by atoms with Gasteiger partial charge in [0, 0.05) is 0 Å². The topological polar surface area (TPSA) is 104 Å². The summed E-state index contributed by atoms with van der Waals surface area (Å²) in [5, 5.41) is 7.83. The molecule has 0 heterocycles. The molecule has 0 spiro atoms. The molecule has 0 aromatic rings. The van der Waals surface area contributed by atoms with E-state index in [1.807, 2.05) is 5.79 Å². The summed E-state index contributed by atoms with van der Waals surface area (Å²) >= 11 is 0.250. The van der Waals surface area contributed by atoms with Crippen molar-refractivity contribution in [2.45, 2.75) is 18.9 Å². The lowest BCUT2D eigenvalue weighted by atomic mass is 10.7. The number of aliphatic hydroxyl groups excluding tert-OH is 1. The first kappa shape index (κ1) is 15.8. The van der Waals surface area contributed by atoms with Crippen molar-refractivity contribution in [2.75, 3.05) is 0 Å². The molecule has 0 saturated carbocycles. The van der Waals surface area contributed by atoms with E-state index in [-0.39, 0.29) is 20.9 Å². The van der Waals surface area contributed by atoms with E-state index >= 15 is 0 Å². The van der Waals surface area contributed by atoms with Crippen molar-refractivity contribution in [1.82, 2.24) is 0 Å². The maximum Gasteiger partial charge on any atom is 0.313 e. The highest BCUT2D eigenvalue weighted by Gasteiger charge is 1.68. The first-order valence-corrected chi connectivity index (χ1v) is 3.90. The van der Waals surface area contributed by atoms with E-state index in [0.717, 1.165) is 0 Å². The average molecular weight is 137 g/mol. The van der Waals surface area contributed by atoms with Crippen LogP contribution >= 0.6 is 0 Å². The van der Waals surface area contributed by atoms with Crippen LogP contribution < -0.4 is 10.5 Å². The van der Waals surface area contributed by atoms with Gasteiger partial charge in [-0.05, 0) is 6.92 Å². The minimum Gasteiger partial charge on any atom is -0.420 e. The Hall–Kier alpha value is 0.372. The van der Waals surface area contributed by atoms with Gasteiger partial charge in [0.15, 0.2) is 0 Å². The predicted octanol–water partition coefficient (Wildman–Crippen LogP) is -1.93. The fourth-order valence-electron chi connectivity index (χ4n) is 0. The Kier molecular flexibility index (Phi) is 30.9. The summed E-state index contributed by atoms with van der Waals surface area (Å²) < 4.78 is 4.93. The summed E-state index contributed by atoms with van der Waals surface area (Å²) in [5.41, 5.74) is 4.67. The average Bonchev–Trinajstić information content (AvgIpc) is 1.33. The molecule has 1 unspecified atom stereocenters. The predicted molar refractivity (Wildman–Crippen MR) is 35.3 cm³/mol. The Bertz CT molecular complexity index is 26.5. The smallest absolute Gasteiger partial charge is 0.313 e. The SMILES string of the molecule is CC(N)O.O.[CH3][Al][NH2]. The summed E-state index contributed by atoms with van der Waals surface area (Å²) in [4.78, 5) is 0. The Labute approximate surface area is 56.1 Å². The molecule has 0 aliphatic rings. The first-order chi connectivity index (χ1) is 3.15. The number of hydrogen-bond acceptors (Lipinski definition) is 3. The van der Waals surface area contributed by atoms with E-state index < -0.39 is 6.23 Å². The quantitative estimate of drug-likeness (QED) is 0.267. The molecular formula is C3H14AlN2O2. The number of nitrogens with two attached hydrogens (primary N) is 2. The molecule has 7 N–H and O–H groups in total. The minimum absolute atomic E-state index is 0. The zero-order valence-corrected chi connectivity index (χ0v) is 6.41. The van der Waals surface area contributed by atoms with Gasteiger partial charge in [0.25, 0.3) is 0 Å². The second-order valence-corrected chi connectivity index (χ2v) is 1.74. The van der Waals surface area contributed by atoms with E-state index in [4.69, 9.17) is 9.82 Å². The van der Waals surface area contributed by atoms with Crippen molar-refractivity contribution in [3.63, 3.8) is 0 Å². The van der Waals surface area contributed by atoms with Crippen molar-refractivity contribution in [2.24, 2.45) is 10.5 Å². The van der Waals surface area contributed by atoms with Crippen LogP contribution in [0.15, 0.2) is 0 Å². The van der Waals surface area contributed by atoms with Gasteiger partial charge >= 0.3 is 15.4 Å². The zero-order chi connectivity index (χ0) is 6.28. The summed E-state index contributed by atoms with van der Waals surface area (Å²) in [5.74, 6) is 1.99. The van der Waals surface area contributed by atoms with Gasteiger partial charge in [-0.15, -0.1) is 0 Å². The standard InChI is InChI=1S/C2H7NO.CH3.Al.H2N.H2O/c1-2(3)4;;;;/h2,4H,3H2,1H3;1H3;;2*1H2/q;;+1;-1;. The van der Waals surface area contributed by atoms with E-state index in [9.17, 15) is 0 Å². The van der Waals surface area contributed by atoms with Crippen molar-refractivity contribution >= 4 is 15.4 Å². The highest BCUT2D eigenvalue weighted by atomic mass is 27.1. The molecule has 0 bridgehead atoms. The lowest BCUT2D eigenvalue weighted by Crippen LogP contribution is -2.11. The third-order valence-electron chi connectivity index (χ3n) is 0. The van der Waals surface area contributed by atoms with Crippen LogP contribution in [0.4, 0.5) is 0 Å². The maximum absolute atomic E-state index is 7.83. The molecule has 0 aromatic carbocycles. The Balaban J connectivity index is -0.0000000575. The van der Waals surface area contributed by atoms with Crippen LogP contribution in [0.3, 0.4) is 0 Å². The van der Waals surface area contributed by atoms with Crippen LogP contribution in [0.2, 0.25) is 5.79 Å². The van der Waals surface area contributed by atoms with Gasteiger partial charge in [0.1, 0.15) is 0 Å². The third kappa shape index (κ3) is 1330. The van der Waals surface area contributed by atoms with Gasteiger partial charge in [-0.25, -0.2) is 0 Å². The summed E-state index contributed by atoms with van der Waals surface area (Å²) in [6.45, 7) is 1.50. The van der Waals surface area contributed by atoms with Gasteiger partial charge in [-0.1, -0.05) is 5.79 Å². The van der Waals surface area contributed by atoms with E-state index in [1.165, 1.54) is 6.92 Å². The molecule has 0 aromatic heterocycles. The third-order valence-corrected chi connectivity index (χ3v) is 0. The first-order valence-electron chi connectivity index (χ1n) is 2.08. The normalized spacial score (nSPS) is 9.62. The van der Waals surface area contributed by atoms with Crippen LogP contribution in [0.1, 0.15) is 6.92 Å². The van der Waals surface area contributed by atoms with E-state index in [2.05, 4.69) is 5.73 Å². The molecule has 0 fully saturated rings. The van der Waals surface area contributed by atoms with Crippen molar-refractivity contribution in [3.8, 4) is 0 Å². The molecule has 1 atom stereocenters. The molecular weight excluding hydrogens is 123 g/mol. The van der Waals surface area contributed by atoms with Gasteiger partial charge in [-0.2, -0.15) is 0 Å². The van der Waals surface area contributed by atoms with Crippen molar-refractivity contribution < 1.29 is 10.6 Å². The minimum atomic E-state index is -0.667. The highest BCUT2D eigenvalue weighted by molar-refractivity contribution is 6.28. The largest absolute Gasteiger partial charge is 0.420 e. The summed E-state index contributed by atoms with van der Waals surface area (Å²) in [7, 11) is 0. The summed E-state index contributed by atoms with van der Waals surface area (Å²) in [6.07, 6.45) is -0.667. The molecule has 4 nitrogen and oxygen atoms in total. The molecule has 0 rings (SSSR count). The Morgan fingerprint density at radius 3 is 1.62 bits per heavy atom. The van der Waals surface area contributed by atoms with Crippen LogP contribution in [0.5, 0.6) is 0 Å². The van der Waals surface area contributed by atoms with E-state index in [0.29, 0.717) is 0 Å². The molecule has 5 heteroatoms. The Morgan fingerprint density at radius 2 is 1.62 bits per heavy atom. The van der Waals surface area contributed by atoms with Crippen LogP contribution in [-0.4, -0.2) is 32.3 Å². The molecule has 0 aliphatic heterocycles. The van der Waals surface area contributed by atoms with E-state index in [1.54, 1.807) is 0 Å². The molecule has 1 radical (unpaired) electrons. The second-order valence-electron chi connectivity index (χ2n) is 1.07. The molecule has 8 heavy (non-hydrogen) atoms. The lowest BCUT2D eigenvalue weighted by molar-refractivity contribution is 0.203. The van der Waals surface area contributed by atoms with Gasteiger partial charge in [0.2, 0.25) is 0 Å². The van der Waals surface area contributed by atoms with Crippen molar-refractivity contribution in [1.29, 1.82) is 0 Å². The number of aliphatic hydroxyl groups is 1. The molecule has 0 saturated heterocycles. The maximum atomic E-state index is 7.83. The summed E-state index contributed by atoms with van der Waals surface area (Å²) in [6, 6.07) is 0. The van der Waals surface area contributed by atoms with Gasteiger partial charge < -0.3 is 21.0 Å². The van der Waals surface area contributed by atoms with Crippen molar-refractivity contribution in [3.05, 3.63) is 0 Å². The van der Waals surface area contributed by atoms with Gasteiger partial charge in [0.05, 0.1) is 6.23 Å². The van der Waals surface area contributed by atoms with Gasteiger partial charge in [-0.3, -0.25) is 0 Å². The zero-order valence-electron chi connectivity index (χ0n) is 5.26. The monoisotopic (exact) mass is 137 g/mol. The molecule has 51 valence electrons. The van der Waals surface area contributed by atoms with Crippen LogP contribution in [0.25, 0.3) is 0 Å². The number of hydrogen-bond donors (Lipinski definition) is 3. The fourth-order valence-corrected chi connectivity index (χ4v) is 0. The highest BCUT2D eigenvalue weighted by Crippen LogP contribution is 1.50. The fraction of sp³-hybridized carbons (Fsp3) is 1.00. The molecule has 0 aliphatic carbocycles. The van der Waals surface area contributed by atoms with Crippen LogP contribution in [0, 0.1) is 0 Å². The Morgan fingerprint density at radius 1 is 1.62 bits per heavy atom. The lowest BCUT2D eigenvalue weighted by Gasteiger charge is -1.82. The molecule has 0 amide bonds. The number of rotatable bonds is 0. The van der Waals surface area contributed by atoms with Crippen LogP contribution in [-0.2, 0) is 0 Å². The second kappa shape index (κ2) is 15.7.